The average Bonchev–Trinajstić information content (AvgIpc) is 2.55. The van der Waals surface area contributed by atoms with E-state index in [1.807, 2.05) is 6.07 Å². The highest BCUT2D eigenvalue weighted by atomic mass is 19.1. The Morgan fingerprint density at radius 3 is 2.64 bits per heavy atom. The predicted octanol–water partition coefficient (Wildman–Crippen LogP) is 3.00. The van der Waals surface area contributed by atoms with E-state index in [0.29, 0.717) is 11.3 Å². The standard InChI is InChI=1S/C17H20FN3O/c1-3-21(4-2)14-9-10-19-16(11-14)17(22)20-12-13-7-5-6-8-15(13)18/h5-11H,3-4,12H2,1-2H3,(H,20,22). The van der Waals surface area contributed by atoms with Crippen LogP contribution in [0.5, 0.6) is 0 Å². The molecule has 0 atom stereocenters. The number of amides is 1. The molecule has 2 aromatic rings. The monoisotopic (exact) mass is 301 g/mol. The molecular weight excluding hydrogens is 281 g/mol. The van der Waals surface area contributed by atoms with Gasteiger partial charge in [-0.1, -0.05) is 18.2 Å². The van der Waals surface area contributed by atoms with Crippen LogP contribution in [0.3, 0.4) is 0 Å². The number of carbonyl (C=O) groups is 1. The highest BCUT2D eigenvalue weighted by Crippen LogP contribution is 2.14. The molecule has 0 saturated carbocycles. The van der Waals surface area contributed by atoms with Crippen LogP contribution >= 0.6 is 0 Å². The first kappa shape index (κ1) is 15.9. The molecule has 2 rings (SSSR count). The van der Waals surface area contributed by atoms with Gasteiger partial charge in [-0.3, -0.25) is 9.78 Å². The molecule has 1 aromatic carbocycles. The van der Waals surface area contributed by atoms with Crippen molar-refractivity contribution < 1.29 is 9.18 Å². The van der Waals surface area contributed by atoms with Gasteiger partial charge in [-0.2, -0.15) is 0 Å². The molecule has 22 heavy (non-hydrogen) atoms. The Bertz CT molecular complexity index is 641. The Labute approximate surface area is 130 Å². The summed E-state index contributed by atoms with van der Waals surface area (Å²) in [6, 6.07) is 10.0. The molecule has 0 aliphatic heterocycles. The summed E-state index contributed by atoms with van der Waals surface area (Å²) in [6.07, 6.45) is 1.62. The molecule has 0 aliphatic carbocycles. The van der Waals surface area contributed by atoms with Crippen molar-refractivity contribution in [3.05, 3.63) is 59.7 Å². The van der Waals surface area contributed by atoms with Crippen LogP contribution in [0.15, 0.2) is 42.6 Å². The Kier molecular flexibility index (Phi) is 5.47. The molecule has 4 nitrogen and oxygen atoms in total. The molecule has 0 spiro atoms. The lowest BCUT2D eigenvalue weighted by Gasteiger charge is -2.21. The lowest BCUT2D eigenvalue weighted by Crippen LogP contribution is -2.26. The van der Waals surface area contributed by atoms with Gasteiger partial charge in [0.05, 0.1) is 0 Å². The number of anilines is 1. The van der Waals surface area contributed by atoms with Crippen LogP contribution in [0.2, 0.25) is 0 Å². The summed E-state index contributed by atoms with van der Waals surface area (Å²) < 4.78 is 13.5. The van der Waals surface area contributed by atoms with Crippen molar-refractivity contribution in [2.24, 2.45) is 0 Å². The third-order valence-electron chi connectivity index (χ3n) is 3.50. The molecule has 0 bridgehead atoms. The van der Waals surface area contributed by atoms with Gasteiger partial charge in [-0.15, -0.1) is 0 Å². The van der Waals surface area contributed by atoms with Crippen LogP contribution in [-0.2, 0) is 6.54 Å². The van der Waals surface area contributed by atoms with Crippen LogP contribution in [0.4, 0.5) is 10.1 Å². The quantitative estimate of drug-likeness (QED) is 0.892. The number of hydrogen-bond donors (Lipinski definition) is 1. The number of nitrogens with one attached hydrogen (secondary N) is 1. The second-order valence-electron chi connectivity index (χ2n) is 4.85. The maximum absolute atomic E-state index is 13.5. The third kappa shape index (κ3) is 3.81. The summed E-state index contributed by atoms with van der Waals surface area (Å²) in [6.45, 7) is 5.97. The molecule has 0 radical (unpaired) electrons. The van der Waals surface area contributed by atoms with Gasteiger partial charge >= 0.3 is 0 Å². The molecule has 116 valence electrons. The second-order valence-corrected chi connectivity index (χ2v) is 4.85. The van der Waals surface area contributed by atoms with Crippen LogP contribution in [-0.4, -0.2) is 24.0 Å². The molecule has 0 unspecified atom stereocenters. The zero-order valence-corrected chi connectivity index (χ0v) is 12.8. The number of halogens is 1. The smallest absolute Gasteiger partial charge is 0.270 e. The van der Waals surface area contributed by atoms with Crippen molar-refractivity contribution in [3.8, 4) is 0 Å². The fraction of sp³-hybridized carbons (Fsp3) is 0.294. The number of carbonyl (C=O) groups excluding carboxylic acids is 1. The zero-order chi connectivity index (χ0) is 15.9. The normalized spacial score (nSPS) is 10.3. The fourth-order valence-corrected chi connectivity index (χ4v) is 2.24. The average molecular weight is 301 g/mol. The number of nitrogens with zero attached hydrogens (tertiary/aromatic N) is 2. The van der Waals surface area contributed by atoms with Crippen molar-refractivity contribution >= 4 is 11.6 Å². The highest BCUT2D eigenvalue weighted by molar-refractivity contribution is 5.93. The molecule has 5 heteroatoms. The first-order valence-corrected chi connectivity index (χ1v) is 7.38. The van der Waals surface area contributed by atoms with Crippen LogP contribution in [0.1, 0.15) is 29.9 Å². The van der Waals surface area contributed by atoms with Crippen LogP contribution in [0.25, 0.3) is 0 Å². The van der Waals surface area contributed by atoms with Crippen molar-refractivity contribution in [2.75, 3.05) is 18.0 Å². The van der Waals surface area contributed by atoms with E-state index < -0.39 is 0 Å². The van der Waals surface area contributed by atoms with Gasteiger partial charge in [-0.05, 0) is 32.0 Å². The number of hydrogen-bond acceptors (Lipinski definition) is 3. The van der Waals surface area contributed by atoms with E-state index in [0.717, 1.165) is 18.8 Å². The van der Waals surface area contributed by atoms with E-state index in [4.69, 9.17) is 0 Å². The molecule has 1 N–H and O–H groups in total. The maximum atomic E-state index is 13.5. The van der Waals surface area contributed by atoms with E-state index in [1.165, 1.54) is 6.07 Å². The molecule has 1 aromatic heterocycles. The molecule has 0 fully saturated rings. The van der Waals surface area contributed by atoms with Gasteiger partial charge in [0.15, 0.2) is 0 Å². The van der Waals surface area contributed by atoms with Gasteiger partial charge in [0.25, 0.3) is 5.91 Å². The Morgan fingerprint density at radius 2 is 1.95 bits per heavy atom. The summed E-state index contributed by atoms with van der Waals surface area (Å²) in [5.74, 6) is -0.634. The summed E-state index contributed by atoms with van der Waals surface area (Å²) in [7, 11) is 0. The van der Waals surface area contributed by atoms with E-state index in [9.17, 15) is 9.18 Å². The lowest BCUT2D eigenvalue weighted by atomic mass is 10.2. The van der Waals surface area contributed by atoms with Crippen LogP contribution in [0, 0.1) is 5.82 Å². The summed E-state index contributed by atoms with van der Waals surface area (Å²) in [5, 5.41) is 2.70. The second kappa shape index (κ2) is 7.54. The van der Waals surface area contributed by atoms with Crippen LogP contribution < -0.4 is 10.2 Å². The van der Waals surface area contributed by atoms with Crippen molar-refractivity contribution in [1.82, 2.24) is 10.3 Å². The number of rotatable bonds is 6. The molecule has 0 saturated heterocycles. The maximum Gasteiger partial charge on any atom is 0.270 e. The van der Waals surface area contributed by atoms with Crippen molar-refractivity contribution in [2.45, 2.75) is 20.4 Å². The fourth-order valence-electron chi connectivity index (χ4n) is 2.24. The van der Waals surface area contributed by atoms with Crippen molar-refractivity contribution in [1.29, 1.82) is 0 Å². The molecule has 0 aliphatic rings. The first-order valence-electron chi connectivity index (χ1n) is 7.38. The van der Waals surface area contributed by atoms with Gasteiger partial charge in [-0.25, -0.2) is 4.39 Å². The van der Waals surface area contributed by atoms with Gasteiger partial charge in [0.2, 0.25) is 0 Å². The Balaban J connectivity index is 2.07. The Hall–Kier alpha value is -2.43. The summed E-state index contributed by atoms with van der Waals surface area (Å²) in [5.41, 5.74) is 1.74. The number of aromatic nitrogens is 1. The minimum Gasteiger partial charge on any atom is -0.372 e. The van der Waals surface area contributed by atoms with Crippen molar-refractivity contribution in [3.63, 3.8) is 0 Å². The van der Waals surface area contributed by atoms with Gasteiger partial charge in [0.1, 0.15) is 11.5 Å². The lowest BCUT2D eigenvalue weighted by molar-refractivity contribution is 0.0945. The zero-order valence-electron chi connectivity index (χ0n) is 12.8. The van der Waals surface area contributed by atoms with Gasteiger partial charge in [0, 0.05) is 37.1 Å². The third-order valence-corrected chi connectivity index (χ3v) is 3.50. The van der Waals surface area contributed by atoms with E-state index in [-0.39, 0.29) is 18.3 Å². The van der Waals surface area contributed by atoms with Gasteiger partial charge < -0.3 is 10.2 Å². The molecule has 1 heterocycles. The largest absolute Gasteiger partial charge is 0.372 e. The predicted molar refractivity (Wildman–Crippen MR) is 85.4 cm³/mol. The minimum absolute atomic E-state index is 0.142. The first-order chi connectivity index (χ1) is 10.7. The van der Waals surface area contributed by atoms with E-state index in [1.54, 1.807) is 30.5 Å². The highest BCUT2D eigenvalue weighted by Gasteiger charge is 2.11. The van der Waals surface area contributed by atoms with E-state index in [2.05, 4.69) is 29.0 Å². The number of pyridine rings is 1. The Morgan fingerprint density at radius 1 is 1.23 bits per heavy atom. The topological polar surface area (TPSA) is 45.2 Å². The molecule has 1 amide bonds. The summed E-state index contributed by atoms with van der Waals surface area (Å²) >= 11 is 0. The SMILES string of the molecule is CCN(CC)c1ccnc(C(=O)NCc2ccccc2F)c1. The molecular formula is C17H20FN3O. The number of benzene rings is 1. The van der Waals surface area contributed by atoms with E-state index >= 15 is 0 Å². The summed E-state index contributed by atoms with van der Waals surface area (Å²) in [4.78, 5) is 18.4. The minimum atomic E-state index is -0.326.